The highest BCUT2D eigenvalue weighted by atomic mass is 15.0. The first-order chi connectivity index (χ1) is 5.77. The summed E-state index contributed by atoms with van der Waals surface area (Å²) in [6.45, 7) is 0. The van der Waals surface area contributed by atoms with Gasteiger partial charge in [-0.15, -0.1) is 0 Å². The fourth-order valence-corrected chi connectivity index (χ4v) is 1.39. The first-order valence-electron chi connectivity index (χ1n) is 4.01. The molecular formula is C10H12N2. The van der Waals surface area contributed by atoms with Crippen molar-refractivity contribution in [2.45, 2.75) is 0 Å². The van der Waals surface area contributed by atoms with Crippen LogP contribution in [0.3, 0.4) is 0 Å². The Bertz CT molecular complexity index is 426. The molecular weight excluding hydrogens is 148 g/mol. The lowest BCUT2D eigenvalue weighted by atomic mass is 10.5. The zero-order chi connectivity index (χ0) is 8.55. The van der Waals surface area contributed by atoms with Crippen LogP contribution >= 0.6 is 0 Å². The molecule has 62 valence electrons. The molecule has 0 fully saturated rings. The summed E-state index contributed by atoms with van der Waals surface area (Å²) >= 11 is 0. The van der Waals surface area contributed by atoms with Gasteiger partial charge in [0.25, 0.3) is 0 Å². The third-order valence-electron chi connectivity index (χ3n) is 1.87. The van der Waals surface area contributed by atoms with Gasteiger partial charge in [0.05, 0.1) is 5.35 Å². The Morgan fingerprint density at radius 2 is 2.08 bits per heavy atom. The van der Waals surface area contributed by atoms with E-state index in [4.69, 9.17) is 0 Å². The van der Waals surface area contributed by atoms with Crippen LogP contribution in [0.1, 0.15) is 0 Å². The van der Waals surface area contributed by atoms with Crippen molar-refractivity contribution in [2.24, 2.45) is 0 Å². The molecule has 0 aliphatic carbocycles. The van der Waals surface area contributed by atoms with Crippen LogP contribution < -0.4 is 5.35 Å². The molecule has 0 bridgehead atoms. The van der Waals surface area contributed by atoms with E-state index in [-0.39, 0.29) is 0 Å². The molecule has 2 aromatic heterocycles. The van der Waals surface area contributed by atoms with Gasteiger partial charge in [0.1, 0.15) is 0 Å². The number of hydrogen-bond donors (Lipinski definition) is 0. The summed E-state index contributed by atoms with van der Waals surface area (Å²) in [5.41, 5.74) is 1.25. The maximum Gasteiger partial charge on any atom is 0.0614 e. The van der Waals surface area contributed by atoms with Crippen molar-refractivity contribution in [3.8, 4) is 0 Å². The van der Waals surface area contributed by atoms with Gasteiger partial charge in [-0.2, -0.15) is 0 Å². The van der Waals surface area contributed by atoms with Gasteiger partial charge in [-0.05, 0) is 24.3 Å². The third kappa shape index (κ3) is 1.05. The number of aromatic nitrogens is 1. The third-order valence-corrected chi connectivity index (χ3v) is 1.87. The van der Waals surface area contributed by atoms with Crippen LogP contribution in [0.4, 0.5) is 0 Å². The summed E-state index contributed by atoms with van der Waals surface area (Å²) in [4.78, 5) is 2.05. The highest BCUT2D eigenvalue weighted by Gasteiger charge is 1.93. The van der Waals surface area contributed by atoms with E-state index in [9.17, 15) is 0 Å². The van der Waals surface area contributed by atoms with Crippen LogP contribution in [0.15, 0.2) is 30.5 Å². The molecule has 0 aromatic carbocycles. The van der Waals surface area contributed by atoms with Gasteiger partial charge >= 0.3 is 0 Å². The Hall–Kier alpha value is -1.44. The largest absolute Gasteiger partial charge is 0.382 e. The maximum atomic E-state index is 2.17. The van der Waals surface area contributed by atoms with Crippen molar-refractivity contribution in [3.63, 3.8) is 0 Å². The van der Waals surface area contributed by atoms with Crippen LogP contribution in [0.5, 0.6) is 0 Å². The van der Waals surface area contributed by atoms with E-state index in [1.807, 2.05) is 14.1 Å². The van der Waals surface area contributed by atoms with Gasteiger partial charge in [0.15, 0.2) is 0 Å². The van der Waals surface area contributed by atoms with Crippen molar-refractivity contribution in [2.75, 3.05) is 14.1 Å². The maximum absolute atomic E-state index is 2.17. The monoisotopic (exact) mass is 160 g/mol. The van der Waals surface area contributed by atoms with Gasteiger partial charge in [0, 0.05) is 32.0 Å². The molecule has 0 aliphatic heterocycles. The van der Waals surface area contributed by atoms with E-state index in [0.29, 0.717) is 0 Å². The Kier molecular flexibility index (Phi) is 1.54. The lowest BCUT2D eigenvalue weighted by Crippen LogP contribution is -2.13. The van der Waals surface area contributed by atoms with Gasteiger partial charge in [-0.3, -0.25) is 0 Å². The predicted molar refractivity (Wildman–Crippen MR) is 50.8 cm³/mol. The molecule has 2 heteroatoms. The van der Waals surface area contributed by atoms with E-state index in [0.717, 1.165) is 0 Å². The summed E-state index contributed by atoms with van der Waals surface area (Å²) in [5, 5.41) is 1.22. The normalized spacial score (nSPS) is 12.7. The quantitative estimate of drug-likeness (QED) is 0.603. The van der Waals surface area contributed by atoms with Crippen LogP contribution in [0, 0.1) is 0 Å². The Morgan fingerprint density at radius 3 is 2.83 bits per heavy atom. The second-order valence-electron chi connectivity index (χ2n) is 3.15. The van der Waals surface area contributed by atoms with Crippen LogP contribution in [-0.2, 0) is 0 Å². The zero-order valence-corrected chi connectivity index (χ0v) is 7.36. The SMILES string of the molecule is CN(C)/C=c1\ccc2cccn12. The lowest BCUT2D eigenvalue weighted by Gasteiger charge is -2.01. The minimum atomic E-state index is 1.22. The molecule has 0 unspecified atom stereocenters. The zero-order valence-electron chi connectivity index (χ0n) is 7.36. The second-order valence-corrected chi connectivity index (χ2v) is 3.15. The molecule has 2 nitrogen and oxygen atoms in total. The van der Waals surface area contributed by atoms with Crippen molar-refractivity contribution in [1.29, 1.82) is 0 Å². The molecule has 0 N–H and O–H groups in total. The molecule has 0 radical (unpaired) electrons. The van der Waals surface area contributed by atoms with Crippen LogP contribution in [0.2, 0.25) is 0 Å². The Balaban J connectivity index is 2.69. The number of hydrogen-bond acceptors (Lipinski definition) is 1. The van der Waals surface area contributed by atoms with Crippen molar-refractivity contribution >= 4 is 11.7 Å². The molecule has 12 heavy (non-hydrogen) atoms. The Labute approximate surface area is 71.7 Å². The topological polar surface area (TPSA) is 7.65 Å². The average Bonchev–Trinajstić information content (AvgIpc) is 2.52. The summed E-state index contributed by atoms with van der Waals surface area (Å²) in [5.74, 6) is 0. The van der Waals surface area contributed by atoms with Crippen molar-refractivity contribution < 1.29 is 0 Å². The fraction of sp³-hybridized carbons (Fsp3) is 0.200. The summed E-state index contributed by atoms with van der Waals surface area (Å²) in [7, 11) is 4.06. The molecule has 2 heterocycles. The second kappa shape index (κ2) is 2.55. The molecule has 2 rings (SSSR count). The summed E-state index contributed by atoms with van der Waals surface area (Å²) in [6.07, 6.45) is 4.18. The smallest absolute Gasteiger partial charge is 0.0614 e. The molecule has 0 aliphatic rings. The van der Waals surface area contributed by atoms with Gasteiger partial charge in [-0.1, -0.05) is 0 Å². The van der Waals surface area contributed by atoms with Crippen molar-refractivity contribution in [1.82, 2.24) is 9.30 Å². The highest BCUT2D eigenvalue weighted by molar-refractivity contribution is 5.49. The van der Waals surface area contributed by atoms with Crippen LogP contribution in [-0.4, -0.2) is 23.4 Å². The molecule has 0 spiro atoms. The van der Waals surface area contributed by atoms with E-state index < -0.39 is 0 Å². The Morgan fingerprint density at radius 1 is 1.25 bits per heavy atom. The van der Waals surface area contributed by atoms with E-state index >= 15 is 0 Å². The first-order valence-corrected chi connectivity index (χ1v) is 4.01. The van der Waals surface area contributed by atoms with E-state index in [1.54, 1.807) is 0 Å². The van der Waals surface area contributed by atoms with Gasteiger partial charge in [0.2, 0.25) is 0 Å². The predicted octanol–water partition coefficient (Wildman–Crippen LogP) is 0.958. The summed E-state index contributed by atoms with van der Waals surface area (Å²) in [6, 6.07) is 8.40. The van der Waals surface area contributed by atoms with Gasteiger partial charge in [-0.25, -0.2) is 0 Å². The minimum Gasteiger partial charge on any atom is -0.382 e. The molecule has 0 saturated carbocycles. The fourth-order valence-electron chi connectivity index (χ4n) is 1.39. The average molecular weight is 160 g/mol. The minimum absolute atomic E-state index is 1.22. The first kappa shape index (κ1) is 7.22. The van der Waals surface area contributed by atoms with Gasteiger partial charge < -0.3 is 9.30 Å². The molecule has 0 amide bonds. The standard InChI is InChI=1S/C10H12N2/c1-11(2)8-10-6-5-9-4-3-7-12(9)10/h3-8H,1-2H3/b10-8+. The number of rotatable bonds is 1. The van der Waals surface area contributed by atoms with E-state index in [2.05, 4.69) is 46.0 Å². The van der Waals surface area contributed by atoms with E-state index in [1.165, 1.54) is 10.9 Å². The lowest BCUT2D eigenvalue weighted by molar-refractivity contribution is 0.612. The summed E-state index contributed by atoms with van der Waals surface area (Å²) < 4.78 is 2.17. The van der Waals surface area contributed by atoms with Crippen LogP contribution in [0.25, 0.3) is 11.7 Å². The molecule has 0 saturated heterocycles. The number of nitrogens with zero attached hydrogens (tertiary/aromatic N) is 2. The molecule has 0 atom stereocenters. The van der Waals surface area contributed by atoms with Crippen molar-refractivity contribution in [3.05, 3.63) is 35.8 Å². The molecule has 2 aromatic rings. The number of fused-ring (bicyclic) bond motifs is 1. The highest BCUT2D eigenvalue weighted by Crippen LogP contribution is 1.99.